The van der Waals surface area contributed by atoms with Crippen molar-refractivity contribution in [2.24, 2.45) is 0 Å². The molecule has 2 rings (SSSR count). The number of amides is 1. The molecule has 1 aromatic carbocycles. The van der Waals surface area contributed by atoms with Crippen molar-refractivity contribution in [2.45, 2.75) is 13.0 Å². The van der Waals surface area contributed by atoms with Gasteiger partial charge in [0.15, 0.2) is 0 Å². The zero-order valence-electron chi connectivity index (χ0n) is 11.0. The quantitative estimate of drug-likeness (QED) is 0.903. The number of likely N-dealkylation sites (N-methyl/N-ethyl adjacent to an activating group) is 1. The Balaban J connectivity index is 2.09. The first-order valence-electron chi connectivity index (χ1n) is 6.10. The van der Waals surface area contributed by atoms with Gasteiger partial charge in [-0.2, -0.15) is 0 Å². The molecule has 0 spiro atoms. The van der Waals surface area contributed by atoms with Gasteiger partial charge in [0.1, 0.15) is 25.2 Å². The Kier molecular flexibility index (Phi) is 3.94. The molecule has 5 heteroatoms. The normalized spacial score (nSPS) is 15.8. The lowest BCUT2D eigenvalue weighted by atomic mass is 10.1. The number of carbonyl (C=O) groups is 1. The van der Waals surface area contributed by atoms with Crippen LogP contribution in [0, 0.1) is 0 Å². The van der Waals surface area contributed by atoms with Gasteiger partial charge < -0.3 is 19.5 Å². The number of ether oxygens (including phenoxy) is 2. The lowest BCUT2D eigenvalue weighted by molar-refractivity contribution is -0.132. The van der Waals surface area contributed by atoms with E-state index in [-0.39, 0.29) is 23.5 Å². The SMILES string of the molecule is CC(c1ccc(O)cc1)N(C)C(=O)C1=COCCO1. The van der Waals surface area contributed by atoms with Crippen LogP contribution in [0.2, 0.25) is 0 Å². The van der Waals surface area contributed by atoms with E-state index in [1.165, 1.54) is 6.26 Å². The number of rotatable bonds is 3. The van der Waals surface area contributed by atoms with Gasteiger partial charge in [-0.1, -0.05) is 12.1 Å². The number of hydrogen-bond acceptors (Lipinski definition) is 4. The van der Waals surface area contributed by atoms with E-state index in [4.69, 9.17) is 9.47 Å². The molecular formula is C14H17NO4. The van der Waals surface area contributed by atoms with E-state index in [0.717, 1.165) is 5.56 Å². The summed E-state index contributed by atoms with van der Waals surface area (Å²) in [4.78, 5) is 13.8. The molecule has 1 amide bonds. The molecule has 102 valence electrons. The predicted octanol–water partition coefficient (Wildman–Crippen LogP) is 1.80. The van der Waals surface area contributed by atoms with E-state index < -0.39 is 0 Å². The van der Waals surface area contributed by atoms with Gasteiger partial charge in [0.25, 0.3) is 5.91 Å². The Bertz CT molecular complexity index is 481. The topological polar surface area (TPSA) is 59.0 Å². The Labute approximate surface area is 112 Å². The Morgan fingerprint density at radius 3 is 2.58 bits per heavy atom. The minimum Gasteiger partial charge on any atom is -0.508 e. The molecule has 1 atom stereocenters. The van der Waals surface area contributed by atoms with Crippen LogP contribution in [0.1, 0.15) is 18.5 Å². The first-order chi connectivity index (χ1) is 9.09. The Morgan fingerprint density at radius 2 is 2.00 bits per heavy atom. The van der Waals surface area contributed by atoms with Crippen molar-refractivity contribution in [3.63, 3.8) is 0 Å². The summed E-state index contributed by atoms with van der Waals surface area (Å²) in [5.74, 6) is 0.205. The molecule has 1 aliphatic rings. The average Bonchev–Trinajstić information content (AvgIpc) is 2.46. The van der Waals surface area contributed by atoms with Crippen LogP contribution in [0.3, 0.4) is 0 Å². The summed E-state index contributed by atoms with van der Waals surface area (Å²) in [6.07, 6.45) is 1.35. The number of aromatic hydroxyl groups is 1. The third-order valence-electron chi connectivity index (χ3n) is 3.14. The van der Waals surface area contributed by atoms with Gasteiger partial charge in [-0.25, -0.2) is 0 Å². The van der Waals surface area contributed by atoms with E-state index in [1.54, 1.807) is 36.2 Å². The highest BCUT2D eigenvalue weighted by Crippen LogP contribution is 2.23. The van der Waals surface area contributed by atoms with E-state index in [9.17, 15) is 9.90 Å². The molecule has 0 aromatic heterocycles. The molecule has 0 bridgehead atoms. The first-order valence-corrected chi connectivity index (χ1v) is 6.10. The van der Waals surface area contributed by atoms with Crippen LogP contribution >= 0.6 is 0 Å². The van der Waals surface area contributed by atoms with Gasteiger partial charge in [0.05, 0.1) is 6.04 Å². The fourth-order valence-electron chi connectivity index (χ4n) is 1.81. The average molecular weight is 263 g/mol. The summed E-state index contributed by atoms with van der Waals surface area (Å²) in [7, 11) is 1.71. The largest absolute Gasteiger partial charge is 0.508 e. The second-order valence-corrected chi connectivity index (χ2v) is 4.38. The number of benzene rings is 1. The lowest BCUT2D eigenvalue weighted by Gasteiger charge is -2.27. The molecular weight excluding hydrogens is 246 g/mol. The molecule has 0 fully saturated rings. The van der Waals surface area contributed by atoms with Crippen LogP contribution in [0.25, 0.3) is 0 Å². The van der Waals surface area contributed by atoms with Gasteiger partial charge in [0, 0.05) is 7.05 Å². The summed E-state index contributed by atoms with van der Waals surface area (Å²) < 4.78 is 10.4. The summed E-state index contributed by atoms with van der Waals surface area (Å²) >= 11 is 0. The third kappa shape index (κ3) is 2.99. The summed E-state index contributed by atoms with van der Waals surface area (Å²) in [6.45, 7) is 2.77. The van der Waals surface area contributed by atoms with Crippen molar-refractivity contribution in [2.75, 3.05) is 20.3 Å². The number of nitrogens with zero attached hydrogens (tertiary/aromatic N) is 1. The second-order valence-electron chi connectivity index (χ2n) is 4.38. The predicted molar refractivity (Wildman–Crippen MR) is 69.3 cm³/mol. The number of hydrogen-bond donors (Lipinski definition) is 1. The molecule has 0 saturated heterocycles. The van der Waals surface area contributed by atoms with E-state index in [2.05, 4.69) is 0 Å². The van der Waals surface area contributed by atoms with Crippen molar-refractivity contribution < 1.29 is 19.4 Å². The van der Waals surface area contributed by atoms with Crippen LogP contribution in [0.15, 0.2) is 36.3 Å². The van der Waals surface area contributed by atoms with Crippen LogP contribution in [0.4, 0.5) is 0 Å². The zero-order chi connectivity index (χ0) is 13.8. The molecule has 0 radical (unpaired) electrons. The molecule has 1 heterocycles. The fourth-order valence-corrected chi connectivity index (χ4v) is 1.81. The molecule has 1 N–H and O–H groups in total. The standard InChI is InChI=1S/C14H17NO4/c1-10(11-3-5-12(16)6-4-11)15(2)14(17)13-9-18-7-8-19-13/h3-6,9-10,16H,7-8H2,1-2H3. The van der Waals surface area contributed by atoms with Crippen LogP contribution in [0.5, 0.6) is 5.75 Å². The summed E-state index contributed by atoms with van der Waals surface area (Å²) in [5.41, 5.74) is 0.936. The third-order valence-corrected chi connectivity index (χ3v) is 3.14. The summed E-state index contributed by atoms with van der Waals surface area (Å²) in [5, 5.41) is 9.26. The van der Waals surface area contributed by atoms with Crippen molar-refractivity contribution in [3.8, 4) is 5.75 Å². The molecule has 1 aliphatic heterocycles. The fraction of sp³-hybridized carbons (Fsp3) is 0.357. The van der Waals surface area contributed by atoms with Crippen LogP contribution < -0.4 is 0 Å². The zero-order valence-corrected chi connectivity index (χ0v) is 11.0. The van der Waals surface area contributed by atoms with Crippen LogP contribution in [-0.2, 0) is 14.3 Å². The van der Waals surface area contributed by atoms with Crippen LogP contribution in [-0.4, -0.2) is 36.2 Å². The molecule has 0 saturated carbocycles. The van der Waals surface area contributed by atoms with E-state index in [1.807, 2.05) is 6.92 Å². The molecule has 1 aromatic rings. The summed E-state index contributed by atoms with van der Waals surface area (Å²) in [6, 6.07) is 6.65. The van der Waals surface area contributed by atoms with Crippen molar-refractivity contribution in [3.05, 3.63) is 41.9 Å². The highest BCUT2D eigenvalue weighted by atomic mass is 16.6. The highest BCUT2D eigenvalue weighted by molar-refractivity contribution is 5.91. The maximum atomic E-state index is 12.2. The van der Waals surface area contributed by atoms with Gasteiger partial charge in [-0.15, -0.1) is 0 Å². The second kappa shape index (κ2) is 5.65. The van der Waals surface area contributed by atoms with Crippen molar-refractivity contribution in [1.82, 2.24) is 4.90 Å². The molecule has 0 aliphatic carbocycles. The minimum absolute atomic E-state index is 0.125. The minimum atomic E-state index is -0.222. The highest BCUT2D eigenvalue weighted by Gasteiger charge is 2.23. The van der Waals surface area contributed by atoms with Gasteiger partial charge >= 0.3 is 0 Å². The lowest BCUT2D eigenvalue weighted by Crippen LogP contribution is -2.33. The van der Waals surface area contributed by atoms with Gasteiger partial charge in [0.2, 0.25) is 5.76 Å². The number of carbonyl (C=O) groups excluding carboxylic acids is 1. The maximum Gasteiger partial charge on any atom is 0.292 e. The smallest absolute Gasteiger partial charge is 0.292 e. The van der Waals surface area contributed by atoms with E-state index in [0.29, 0.717) is 13.2 Å². The van der Waals surface area contributed by atoms with Crippen molar-refractivity contribution in [1.29, 1.82) is 0 Å². The molecule has 19 heavy (non-hydrogen) atoms. The van der Waals surface area contributed by atoms with Gasteiger partial charge in [-0.05, 0) is 24.6 Å². The number of phenolic OH excluding ortho intramolecular Hbond substituents is 1. The Hall–Kier alpha value is -2.17. The number of phenols is 1. The molecule has 1 unspecified atom stereocenters. The molecule has 5 nitrogen and oxygen atoms in total. The monoisotopic (exact) mass is 263 g/mol. The van der Waals surface area contributed by atoms with Crippen molar-refractivity contribution >= 4 is 5.91 Å². The first kappa shape index (κ1) is 13.3. The van der Waals surface area contributed by atoms with Gasteiger partial charge in [-0.3, -0.25) is 4.79 Å². The van der Waals surface area contributed by atoms with E-state index >= 15 is 0 Å². The maximum absolute atomic E-state index is 12.2. The Morgan fingerprint density at radius 1 is 1.32 bits per heavy atom.